The minimum atomic E-state index is -0.391. The molecular weight excluding hydrogens is 406 g/mol. The molecule has 1 aliphatic heterocycles. The molecule has 2 heterocycles. The minimum absolute atomic E-state index is 0.157. The molecule has 1 aromatic carbocycles. The fourth-order valence-corrected chi connectivity index (χ4v) is 4.12. The highest BCUT2D eigenvalue weighted by molar-refractivity contribution is 5.68. The van der Waals surface area contributed by atoms with Crippen molar-refractivity contribution in [2.24, 2.45) is 0 Å². The summed E-state index contributed by atoms with van der Waals surface area (Å²) >= 11 is 0. The summed E-state index contributed by atoms with van der Waals surface area (Å²) in [6.07, 6.45) is 9.82. The highest BCUT2D eigenvalue weighted by Gasteiger charge is 2.29. The van der Waals surface area contributed by atoms with Crippen molar-refractivity contribution in [2.45, 2.75) is 64.5 Å². The van der Waals surface area contributed by atoms with E-state index in [2.05, 4.69) is 15.0 Å². The molecule has 176 valence electrons. The van der Waals surface area contributed by atoms with Crippen LogP contribution in [0.15, 0.2) is 36.9 Å². The van der Waals surface area contributed by atoms with Crippen molar-refractivity contribution in [3.05, 3.63) is 36.9 Å². The maximum absolute atomic E-state index is 12.0. The van der Waals surface area contributed by atoms with Gasteiger partial charge < -0.3 is 14.4 Å². The fourth-order valence-electron chi connectivity index (χ4n) is 4.12. The van der Waals surface area contributed by atoms with Crippen LogP contribution in [0.1, 0.15) is 52.9 Å². The Kier molecular flexibility index (Phi) is 8.50. The molecule has 0 atom stereocenters. The monoisotopic (exact) mass is 443 g/mol. The predicted molar refractivity (Wildman–Crippen MR) is 124 cm³/mol. The van der Waals surface area contributed by atoms with Crippen molar-refractivity contribution in [3.63, 3.8) is 0 Å². The molecule has 2 aliphatic rings. The summed E-state index contributed by atoms with van der Waals surface area (Å²) in [7, 11) is 1.64. The molecule has 1 saturated carbocycles. The molecule has 2 fully saturated rings. The second kappa shape index (κ2) is 11.3. The Morgan fingerprint density at radius 3 is 2.19 bits per heavy atom. The zero-order chi connectivity index (χ0) is 23.0. The van der Waals surface area contributed by atoms with Gasteiger partial charge in [0.05, 0.1) is 12.8 Å². The van der Waals surface area contributed by atoms with Crippen LogP contribution in [0, 0.1) is 0 Å². The van der Waals surface area contributed by atoms with Gasteiger partial charge in [-0.05, 0) is 57.9 Å². The summed E-state index contributed by atoms with van der Waals surface area (Å²) in [4.78, 5) is 20.3. The Morgan fingerprint density at radius 2 is 1.66 bits per heavy atom. The van der Waals surface area contributed by atoms with E-state index in [0.717, 1.165) is 43.7 Å². The third-order valence-electron chi connectivity index (χ3n) is 5.81. The lowest BCUT2D eigenvalue weighted by Gasteiger charge is -2.40. The SMILES string of the molecule is CC(C)(C)OC(=O)N1CCN(C2CCCCC2)CC1.COc1ccc(-n2cncn2)cc1. The van der Waals surface area contributed by atoms with Crippen LogP contribution in [-0.4, -0.2) is 75.6 Å². The van der Waals surface area contributed by atoms with E-state index in [1.807, 2.05) is 49.9 Å². The van der Waals surface area contributed by atoms with E-state index in [4.69, 9.17) is 9.47 Å². The summed E-state index contributed by atoms with van der Waals surface area (Å²) in [6.45, 7) is 9.39. The number of methoxy groups -OCH3 is 1. The number of nitrogens with zero attached hydrogens (tertiary/aromatic N) is 5. The number of ether oxygens (including phenoxy) is 2. The van der Waals surface area contributed by atoms with Gasteiger partial charge in [-0.25, -0.2) is 14.5 Å². The molecule has 0 radical (unpaired) electrons. The average molecular weight is 444 g/mol. The Balaban J connectivity index is 0.000000193. The second-order valence-electron chi connectivity index (χ2n) is 9.33. The van der Waals surface area contributed by atoms with Crippen LogP contribution in [0.4, 0.5) is 4.79 Å². The van der Waals surface area contributed by atoms with Crippen LogP contribution >= 0.6 is 0 Å². The first-order chi connectivity index (χ1) is 15.4. The number of carbonyl (C=O) groups excluding carboxylic acids is 1. The normalized spacial score (nSPS) is 17.9. The number of aromatic nitrogens is 3. The first-order valence-corrected chi connectivity index (χ1v) is 11.6. The van der Waals surface area contributed by atoms with Crippen LogP contribution in [0.25, 0.3) is 5.69 Å². The minimum Gasteiger partial charge on any atom is -0.497 e. The molecule has 0 N–H and O–H groups in total. The quantitative estimate of drug-likeness (QED) is 0.710. The Morgan fingerprint density at radius 1 is 1.00 bits per heavy atom. The number of amides is 1. The van der Waals surface area contributed by atoms with Gasteiger partial charge in [0, 0.05) is 32.2 Å². The maximum atomic E-state index is 12.0. The highest BCUT2D eigenvalue weighted by Crippen LogP contribution is 2.24. The summed E-state index contributed by atoms with van der Waals surface area (Å²) in [5, 5.41) is 4.01. The largest absolute Gasteiger partial charge is 0.497 e. The smallest absolute Gasteiger partial charge is 0.410 e. The van der Waals surface area contributed by atoms with E-state index in [1.165, 1.54) is 38.4 Å². The van der Waals surface area contributed by atoms with Gasteiger partial charge >= 0.3 is 6.09 Å². The van der Waals surface area contributed by atoms with Crippen LogP contribution in [0.3, 0.4) is 0 Å². The third kappa shape index (κ3) is 7.22. The zero-order valence-electron chi connectivity index (χ0n) is 19.9. The molecule has 2 aromatic rings. The van der Waals surface area contributed by atoms with Crippen LogP contribution in [0.2, 0.25) is 0 Å². The zero-order valence-corrected chi connectivity index (χ0v) is 19.9. The topological polar surface area (TPSA) is 72.7 Å². The summed E-state index contributed by atoms with van der Waals surface area (Å²) in [5.41, 5.74) is 0.579. The van der Waals surface area contributed by atoms with Gasteiger partial charge in [-0.15, -0.1) is 0 Å². The lowest BCUT2D eigenvalue weighted by molar-refractivity contribution is 0.00823. The number of carbonyl (C=O) groups is 1. The first-order valence-electron chi connectivity index (χ1n) is 11.6. The highest BCUT2D eigenvalue weighted by atomic mass is 16.6. The van der Waals surface area contributed by atoms with Gasteiger partial charge in [-0.2, -0.15) is 5.10 Å². The Bertz CT molecular complexity index is 803. The molecule has 32 heavy (non-hydrogen) atoms. The van der Waals surface area contributed by atoms with Gasteiger partial charge in [0.2, 0.25) is 0 Å². The Labute approximate surface area is 191 Å². The van der Waals surface area contributed by atoms with Gasteiger partial charge in [-0.3, -0.25) is 4.90 Å². The molecule has 1 aliphatic carbocycles. The van der Waals surface area contributed by atoms with Crippen molar-refractivity contribution in [1.29, 1.82) is 0 Å². The Hall–Kier alpha value is -2.61. The fraction of sp³-hybridized carbons (Fsp3) is 0.625. The van der Waals surface area contributed by atoms with Crippen molar-refractivity contribution in [1.82, 2.24) is 24.6 Å². The molecule has 4 rings (SSSR count). The second-order valence-corrected chi connectivity index (χ2v) is 9.33. The van der Waals surface area contributed by atoms with Gasteiger partial charge in [-0.1, -0.05) is 19.3 Å². The molecule has 8 nitrogen and oxygen atoms in total. The molecule has 0 bridgehead atoms. The summed E-state index contributed by atoms with van der Waals surface area (Å²) in [6, 6.07) is 8.38. The van der Waals surface area contributed by atoms with Crippen molar-refractivity contribution < 1.29 is 14.3 Å². The lowest BCUT2D eigenvalue weighted by atomic mass is 9.94. The third-order valence-corrected chi connectivity index (χ3v) is 5.81. The average Bonchev–Trinajstić information content (AvgIpc) is 3.34. The van der Waals surface area contributed by atoms with Crippen molar-refractivity contribution in [3.8, 4) is 11.4 Å². The van der Waals surface area contributed by atoms with E-state index < -0.39 is 5.60 Å². The molecule has 1 aromatic heterocycles. The van der Waals surface area contributed by atoms with Gasteiger partial charge in [0.25, 0.3) is 0 Å². The summed E-state index contributed by atoms with van der Waals surface area (Å²) < 4.78 is 12.2. The molecule has 1 saturated heterocycles. The van der Waals surface area contributed by atoms with Crippen LogP contribution in [0.5, 0.6) is 5.75 Å². The van der Waals surface area contributed by atoms with Gasteiger partial charge in [0.1, 0.15) is 24.0 Å². The molecule has 0 unspecified atom stereocenters. The van der Waals surface area contributed by atoms with Crippen LogP contribution in [-0.2, 0) is 4.74 Å². The molecule has 0 spiro atoms. The van der Waals surface area contributed by atoms with Crippen molar-refractivity contribution in [2.75, 3.05) is 33.3 Å². The lowest BCUT2D eigenvalue weighted by Crippen LogP contribution is -2.53. The van der Waals surface area contributed by atoms with E-state index >= 15 is 0 Å². The number of hydrogen-bond donors (Lipinski definition) is 0. The number of hydrogen-bond acceptors (Lipinski definition) is 6. The van der Waals surface area contributed by atoms with Crippen LogP contribution < -0.4 is 4.74 Å². The predicted octanol–water partition coefficient (Wildman–Crippen LogP) is 4.15. The standard InChI is InChI=1S/C15H28N2O2.C9H9N3O/c1-15(2,3)19-14(18)17-11-9-16(10-12-17)13-7-5-4-6-8-13;1-13-9-4-2-8(3-5-9)12-7-10-6-11-12/h13H,4-12H2,1-3H3;2-7H,1H3. The molecule has 8 heteroatoms. The van der Waals surface area contributed by atoms with E-state index in [0.29, 0.717) is 0 Å². The number of benzene rings is 1. The van der Waals surface area contributed by atoms with E-state index in [1.54, 1.807) is 18.1 Å². The number of piperazine rings is 1. The van der Waals surface area contributed by atoms with E-state index in [9.17, 15) is 4.79 Å². The summed E-state index contributed by atoms with van der Waals surface area (Å²) in [5.74, 6) is 0.837. The number of rotatable bonds is 3. The maximum Gasteiger partial charge on any atom is 0.410 e. The molecule has 1 amide bonds. The van der Waals surface area contributed by atoms with Gasteiger partial charge in [0.15, 0.2) is 0 Å². The first kappa shape index (κ1) is 24.0. The van der Waals surface area contributed by atoms with E-state index in [-0.39, 0.29) is 6.09 Å². The van der Waals surface area contributed by atoms with Crippen molar-refractivity contribution >= 4 is 6.09 Å². The molecular formula is C24H37N5O3.